The molecule has 0 aliphatic heterocycles. The summed E-state index contributed by atoms with van der Waals surface area (Å²) in [5, 5.41) is 5.27. The van der Waals surface area contributed by atoms with Gasteiger partial charge in [0.15, 0.2) is 0 Å². The number of aromatic nitrogens is 3. The number of anilines is 4. The number of hydrogen-bond donors (Lipinski definition) is 4. The van der Waals surface area contributed by atoms with Gasteiger partial charge in [-0.05, 0) is 55.3 Å². The monoisotopic (exact) mass is 485 g/mol. The van der Waals surface area contributed by atoms with Gasteiger partial charge in [-0.1, -0.05) is 17.7 Å². The van der Waals surface area contributed by atoms with Gasteiger partial charge in [-0.15, -0.1) is 0 Å². The lowest BCUT2D eigenvalue weighted by atomic mass is 10.2. The average molecular weight is 486 g/mol. The summed E-state index contributed by atoms with van der Waals surface area (Å²) in [6, 6.07) is 9.01. The molecule has 2 aromatic carbocycles. The smallest absolute Gasteiger partial charge is 0.296 e. The van der Waals surface area contributed by atoms with Crippen LogP contribution >= 0.6 is 11.6 Å². The van der Waals surface area contributed by atoms with Crippen LogP contribution in [0, 0.1) is 13.8 Å². The van der Waals surface area contributed by atoms with Crippen molar-refractivity contribution in [3.8, 4) is 0 Å². The molecule has 1 aromatic heterocycles. The maximum absolute atomic E-state index is 11.8. The molecular formula is C17H16ClN5O6S2. The van der Waals surface area contributed by atoms with Crippen LogP contribution in [0.25, 0.3) is 0 Å². The van der Waals surface area contributed by atoms with Crippen molar-refractivity contribution in [2.45, 2.75) is 23.6 Å². The maximum atomic E-state index is 11.8. The SMILES string of the molecule is Cc1ccc(Nc2nc(Cl)nc(Nc3cc(C)c(S(=O)(=O)O)cc3S(=O)(=O)O)n2)cc1. The number of nitrogens with one attached hydrogen (secondary N) is 2. The minimum Gasteiger partial charge on any atom is -0.324 e. The van der Waals surface area contributed by atoms with Crippen molar-refractivity contribution < 1.29 is 25.9 Å². The Bertz CT molecular complexity index is 1360. The zero-order chi connectivity index (χ0) is 23.0. The van der Waals surface area contributed by atoms with Crippen molar-refractivity contribution >= 4 is 55.1 Å². The molecule has 31 heavy (non-hydrogen) atoms. The van der Waals surface area contributed by atoms with E-state index in [0.29, 0.717) is 11.8 Å². The average Bonchev–Trinajstić information content (AvgIpc) is 2.61. The van der Waals surface area contributed by atoms with E-state index >= 15 is 0 Å². The summed E-state index contributed by atoms with van der Waals surface area (Å²) in [7, 11) is -9.62. The number of benzene rings is 2. The van der Waals surface area contributed by atoms with Crippen LogP contribution in [-0.4, -0.2) is 40.9 Å². The number of hydrogen-bond acceptors (Lipinski definition) is 9. The van der Waals surface area contributed by atoms with E-state index < -0.39 is 30.0 Å². The summed E-state index contributed by atoms with van der Waals surface area (Å²) in [6.07, 6.45) is 0. The molecule has 0 unspecified atom stereocenters. The molecule has 1 heterocycles. The number of nitrogens with zero attached hydrogens (tertiary/aromatic N) is 3. The fraction of sp³-hybridized carbons (Fsp3) is 0.118. The topological polar surface area (TPSA) is 171 Å². The third-order valence-electron chi connectivity index (χ3n) is 4.00. The lowest BCUT2D eigenvalue weighted by Gasteiger charge is -2.13. The molecule has 0 aliphatic rings. The van der Waals surface area contributed by atoms with Gasteiger partial charge in [-0.25, -0.2) is 0 Å². The van der Waals surface area contributed by atoms with Gasteiger partial charge in [0, 0.05) is 5.69 Å². The molecule has 0 bridgehead atoms. The Morgan fingerprint density at radius 1 is 0.806 bits per heavy atom. The summed E-state index contributed by atoms with van der Waals surface area (Å²) < 4.78 is 65.3. The molecular weight excluding hydrogens is 470 g/mol. The lowest BCUT2D eigenvalue weighted by molar-refractivity contribution is 0.481. The van der Waals surface area contributed by atoms with E-state index in [4.69, 9.17) is 11.6 Å². The summed E-state index contributed by atoms with van der Waals surface area (Å²) in [5.41, 5.74) is 1.47. The van der Waals surface area contributed by atoms with E-state index in [1.807, 2.05) is 19.1 Å². The van der Waals surface area contributed by atoms with E-state index in [2.05, 4.69) is 25.6 Å². The Balaban J connectivity index is 2.03. The van der Waals surface area contributed by atoms with Gasteiger partial charge in [0.25, 0.3) is 20.2 Å². The minimum atomic E-state index is -4.88. The molecule has 0 atom stereocenters. The maximum Gasteiger partial charge on any atom is 0.296 e. The normalized spacial score (nSPS) is 11.9. The largest absolute Gasteiger partial charge is 0.324 e. The van der Waals surface area contributed by atoms with Crippen molar-refractivity contribution in [2.24, 2.45) is 0 Å². The van der Waals surface area contributed by atoms with E-state index in [1.54, 1.807) is 12.1 Å². The van der Waals surface area contributed by atoms with Gasteiger partial charge >= 0.3 is 0 Å². The van der Waals surface area contributed by atoms with Crippen LogP contribution in [0.3, 0.4) is 0 Å². The van der Waals surface area contributed by atoms with Crippen molar-refractivity contribution in [3.63, 3.8) is 0 Å². The van der Waals surface area contributed by atoms with Crippen molar-refractivity contribution in [2.75, 3.05) is 10.6 Å². The first-order valence-corrected chi connectivity index (χ1v) is 11.7. The summed E-state index contributed by atoms with van der Waals surface area (Å²) in [5.74, 6) is -0.135. The first-order chi connectivity index (χ1) is 14.3. The van der Waals surface area contributed by atoms with E-state index in [1.165, 1.54) is 6.92 Å². The molecule has 164 valence electrons. The van der Waals surface area contributed by atoms with Crippen molar-refractivity contribution in [1.29, 1.82) is 0 Å². The molecule has 11 nitrogen and oxygen atoms in total. The Hall–Kier alpha value is -2.84. The second kappa shape index (κ2) is 8.36. The third kappa shape index (κ3) is 5.65. The van der Waals surface area contributed by atoms with Crippen LogP contribution < -0.4 is 10.6 Å². The lowest BCUT2D eigenvalue weighted by Crippen LogP contribution is -2.10. The Labute approximate surface area is 183 Å². The molecule has 0 aliphatic carbocycles. The summed E-state index contributed by atoms with van der Waals surface area (Å²) >= 11 is 5.93. The van der Waals surface area contributed by atoms with Crippen LogP contribution in [0.2, 0.25) is 5.28 Å². The molecule has 3 aromatic rings. The molecule has 3 rings (SSSR count). The fourth-order valence-corrected chi connectivity index (χ4v) is 4.23. The van der Waals surface area contributed by atoms with Crippen LogP contribution in [0.5, 0.6) is 0 Å². The first kappa shape index (κ1) is 22.8. The van der Waals surface area contributed by atoms with E-state index in [0.717, 1.165) is 11.6 Å². The second-order valence-electron chi connectivity index (χ2n) is 6.43. The van der Waals surface area contributed by atoms with Crippen LogP contribution in [0.4, 0.5) is 23.3 Å². The van der Waals surface area contributed by atoms with Gasteiger partial charge in [-0.3, -0.25) is 9.11 Å². The highest BCUT2D eigenvalue weighted by atomic mass is 35.5. The second-order valence-corrected chi connectivity index (χ2v) is 9.55. The number of aryl methyl sites for hydroxylation is 2. The Morgan fingerprint density at radius 2 is 1.35 bits per heavy atom. The van der Waals surface area contributed by atoms with Crippen molar-refractivity contribution in [1.82, 2.24) is 15.0 Å². The Morgan fingerprint density at radius 3 is 1.90 bits per heavy atom. The molecule has 4 N–H and O–H groups in total. The molecule has 0 amide bonds. The van der Waals surface area contributed by atoms with Gasteiger partial charge in [0.05, 0.1) is 10.6 Å². The highest BCUT2D eigenvalue weighted by Crippen LogP contribution is 2.30. The quantitative estimate of drug-likeness (QED) is 0.378. The van der Waals surface area contributed by atoms with E-state index in [-0.39, 0.29) is 28.4 Å². The molecule has 0 spiro atoms. The van der Waals surface area contributed by atoms with Crippen LogP contribution in [0.15, 0.2) is 46.2 Å². The van der Waals surface area contributed by atoms with E-state index in [9.17, 15) is 25.9 Å². The number of rotatable bonds is 6. The zero-order valence-corrected chi connectivity index (χ0v) is 18.4. The molecule has 0 saturated carbocycles. The fourth-order valence-electron chi connectivity index (χ4n) is 2.61. The predicted octanol–water partition coefficient (Wildman–Crippen LogP) is 3.12. The van der Waals surface area contributed by atoms with Gasteiger partial charge in [0.2, 0.25) is 17.2 Å². The summed E-state index contributed by atoms with van der Waals surface area (Å²) in [6.45, 7) is 3.25. The zero-order valence-electron chi connectivity index (χ0n) is 16.0. The molecule has 0 fully saturated rings. The Kier molecular flexibility index (Phi) is 6.16. The molecule has 14 heteroatoms. The first-order valence-electron chi connectivity index (χ1n) is 8.45. The minimum absolute atomic E-state index is 0.00977. The van der Waals surface area contributed by atoms with Crippen molar-refractivity contribution in [3.05, 3.63) is 52.8 Å². The summed E-state index contributed by atoms with van der Waals surface area (Å²) in [4.78, 5) is 10.4. The van der Waals surface area contributed by atoms with Gasteiger partial charge < -0.3 is 10.6 Å². The molecule has 0 saturated heterocycles. The van der Waals surface area contributed by atoms with Gasteiger partial charge in [0.1, 0.15) is 4.90 Å². The third-order valence-corrected chi connectivity index (χ3v) is 6.05. The highest BCUT2D eigenvalue weighted by molar-refractivity contribution is 7.86. The molecule has 0 radical (unpaired) electrons. The predicted molar refractivity (Wildman–Crippen MR) is 113 cm³/mol. The van der Waals surface area contributed by atoms with Crippen LogP contribution in [-0.2, 0) is 20.2 Å². The van der Waals surface area contributed by atoms with Crippen LogP contribution in [0.1, 0.15) is 11.1 Å². The highest BCUT2D eigenvalue weighted by Gasteiger charge is 2.23. The number of halogens is 1. The standard InChI is InChI=1S/C17H16ClN5O6S2/c1-9-3-5-11(6-4-9)19-16-21-15(18)22-17(23-16)20-12-7-10(2)13(30(24,25)26)8-14(12)31(27,28)29/h3-8H,1-2H3,(H,24,25,26)(H,27,28,29)(H2,19,20,21,22,23). The van der Waals surface area contributed by atoms with Gasteiger partial charge in [-0.2, -0.15) is 31.8 Å².